The first-order valence-corrected chi connectivity index (χ1v) is 7.76. The molecule has 0 aliphatic carbocycles. The second-order valence-electron chi connectivity index (χ2n) is 4.88. The number of nitrogens with one attached hydrogen (secondary N) is 1. The van der Waals surface area contributed by atoms with Gasteiger partial charge in [0.2, 0.25) is 0 Å². The summed E-state index contributed by atoms with van der Waals surface area (Å²) < 4.78 is 6.74. The Balaban J connectivity index is 1.96. The SMILES string of the molecule is CCOc1ccc2nc(CCCNC(C)C)sc2c1. The molecule has 1 aromatic heterocycles. The molecule has 2 aromatic rings. The van der Waals surface area contributed by atoms with Crippen LogP contribution in [0.2, 0.25) is 0 Å². The van der Waals surface area contributed by atoms with E-state index in [0.717, 1.165) is 30.7 Å². The van der Waals surface area contributed by atoms with Crippen LogP contribution in [0.25, 0.3) is 10.2 Å². The Bertz CT molecular complexity index is 522. The van der Waals surface area contributed by atoms with E-state index < -0.39 is 0 Å². The standard InChI is InChI=1S/C15H22N2OS/c1-4-18-12-7-8-13-14(10-12)19-15(17-13)6-5-9-16-11(2)3/h7-8,10-11,16H,4-6,9H2,1-3H3. The zero-order valence-electron chi connectivity index (χ0n) is 11.9. The van der Waals surface area contributed by atoms with Crippen molar-refractivity contribution in [2.24, 2.45) is 0 Å². The van der Waals surface area contributed by atoms with Crippen LogP contribution in [0.3, 0.4) is 0 Å². The predicted octanol–water partition coefficient (Wildman–Crippen LogP) is 3.63. The lowest BCUT2D eigenvalue weighted by molar-refractivity contribution is 0.341. The molecule has 0 fully saturated rings. The molecule has 0 aliphatic rings. The largest absolute Gasteiger partial charge is 0.494 e. The van der Waals surface area contributed by atoms with Gasteiger partial charge in [-0.2, -0.15) is 0 Å². The zero-order valence-corrected chi connectivity index (χ0v) is 12.7. The third-order valence-electron chi connectivity index (χ3n) is 2.84. The summed E-state index contributed by atoms with van der Waals surface area (Å²) in [5.74, 6) is 0.937. The molecule has 0 saturated heterocycles. The van der Waals surface area contributed by atoms with E-state index in [1.165, 1.54) is 9.71 Å². The lowest BCUT2D eigenvalue weighted by Crippen LogP contribution is -2.23. The molecule has 1 N–H and O–H groups in total. The molecule has 2 rings (SSSR count). The van der Waals surface area contributed by atoms with E-state index in [1.54, 1.807) is 11.3 Å². The van der Waals surface area contributed by atoms with Crippen LogP contribution in [-0.2, 0) is 6.42 Å². The number of hydrogen-bond acceptors (Lipinski definition) is 4. The Labute approximate surface area is 119 Å². The average molecular weight is 278 g/mol. The van der Waals surface area contributed by atoms with Gasteiger partial charge in [-0.25, -0.2) is 4.98 Å². The van der Waals surface area contributed by atoms with Gasteiger partial charge in [-0.05, 0) is 38.1 Å². The maximum Gasteiger partial charge on any atom is 0.120 e. The van der Waals surface area contributed by atoms with Crippen LogP contribution in [-0.4, -0.2) is 24.2 Å². The second kappa shape index (κ2) is 6.87. The van der Waals surface area contributed by atoms with Crippen LogP contribution in [0, 0.1) is 0 Å². The molecule has 0 spiro atoms. The molecule has 0 aliphatic heterocycles. The highest BCUT2D eigenvalue weighted by Gasteiger charge is 2.05. The molecule has 0 amide bonds. The fourth-order valence-corrected chi connectivity index (χ4v) is 2.98. The van der Waals surface area contributed by atoms with Crippen LogP contribution < -0.4 is 10.1 Å². The van der Waals surface area contributed by atoms with Gasteiger partial charge in [0.05, 0.1) is 21.8 Å². The summed E-state index contributed by atoms with van der Waals surface area (Å²) in [6, 6.07) is 6.69. The first-order chi connectivity index (χ1) is 9.19. The van der Waals surface area contributed by atoms with Crippen LogP contribution in [0.4, 0.5) is 0 Å². The molecule has 0 unspecified atom stereocenters. The fourth-order valence-electron chi connectivity index (χ4n) is 1.95. The van der Waals surface area contributed by atoms with Gasteiger partial charge >= 0.3 is 0 Å². The van der Waals surface area contributed by atoms with Gasteiger partial charge in [0.15, 0.2) is 0 Å². The Kier molecular flexibility index (Phi) is 5.16. The molecule has 4 heteroatoms. The number of aryl methyl sites for hydroxylation is 1. The molecule has 0 atom stereocenters. The molecule has 0 bridgehead atoms. The van der Waals surface area contributed by atoms with Gasteiger partial charge in [0.1, 0.15) is 5.75 Å². The van der Waals surface area contributed by atoms with Crippen LogP contribution >= 0.6 is 11.3 Å². The lowest BCUT2D eigenvalue weighted by atomic mass is 10.3. The highest BCUT2D eigenvalue weighted by Crippen LogP contribution is 2.27. The Morgan fingerprint density at radius 2 is 2.21 bits per heavy atom. The number of nitrogens with zero attached hydrogens (tertiary/aromatic N) is 1. The van der Waals surface area contributed by atoms with Crippen molar-refractivity contribution in [3.8, 4) is 5.75 Å². The third-order valence-corrected chi connectivity index (χ3v) is 3.91. The second-order valence-corrected chi connectivity index (χ2v) is 6.00. The number of rotatable bonds is 7. The first kappa shape index (κ1) is 14.3. The maximum atomic E-state index is 5.52. The number of thiazole rings is 1. The van der Waals surface area contributed by atoms with Crippen molar-refractivity contribution in [2.45, 2.75) is 39.7 Å². The minimum Gasteiger partial charge on any atom is -0.494 e. The van der Waals surface area contributed by atoms with E-state index in [4.69, 9.17) is 4.74 Å². The molecular formula is C15H22N2OS. The Hall–Kier alpha value is -1.13. The van der Waals surface area contributed by atoms with Crippen LogP contribution in [0.5, 0.6) is 5.75 Å². The zero-order chi connectivity index (χ0) is 13.7. The number of aromatic nitrogens is 1. The fraction of sp³-hybridized carbons (Fsp3) is 0.533. The lowest BCUT2D eigenvalue weighted by Gasteiger charge is -2.05. The predicted molar refractivity (Wildman–Crippen MR) is 82.2 cm³/mol. The maximum absolute atomic E-state index is 5.52. The van der Waals surface area contributed by atoms with E-state index in [1.807, 2.05) is 19.1 Å². The average Bonchev–Trinajstić information content (AvgIpc) is 2.77. The van der Waals surface area contributed by atoms with Gasteiger partial charge in [-0.3, -0.25) is 0 Å². The topological polar surface area (TPSA) is 34.1 Å². The summed E-state index contributed by atoms with van der Waals surface area (Å²) >= 11 is 1.78. The highest BCUT2D eigenvalue weighted by molar-refractivity contribution is 7.18. The van der Waals surface area contributed by atoms with Crippen molar-refractivity contribution in [1.82, 2.24) is 10.3 Å². The van der Waals surface area contributed by atoms with E-state index in [9.17, 15) is 0 Å². The molecule has 19 heavy (non-hydrogen) atoms. The van der Waals surface area contributed by atoms with E-state index >= 15 is 0 Å². The van der Waals surface area contributed by atoms with Gasteiger partial charge < -0.3 is 10.1 Å². The van der Waals surface area contributed by atoms with E-state index in [2.05, 4.69) is 30.2 Å². The van der Waals surface area contributed by atoms with Crippen molar-refractivity contribution in [2.75, 3.05) is 13.2 Å². The van der Waals surface area contributed by atoms with Crippen molar-refractivity contribution in [3.63, 3.8) is 0 Å². The molecular weight excluding hydrogens is 256 g/mol. The molecule has 3 nitrogen and oxygen atoms in total. The number of benzene rings is 1. The first-order valence-electron chi connectivity index (χ1n) is 6.94. The molecule has 0 radical (unpaired) electrons. The van der Waals surface area contributed by atoms with Gasteiger partial charge in [-0.1, -0.05) is 13.8 Å². The quantitative estimate of drug-likeness (QED) is 0.785. The Morgan fingerprint density at radius 1 is 1.37 bits per heavy atom. The minimum atomic E-state index is 0.559. The monoisotopic (exact) mass is 278 g/mol. The van der Waals surface area contributed by atoms with Crippen molar-refractivity contribution < 1.29 is 4.74 Å². The molecule has 104 valence electrons. The van der Waals surface area contributed by atoms with Crippen molar-refractivity contribution >= 4 is 21.6 Å². The molecule has 1 heterocycles. The summed E-state index contributed by atoms with van der Waals surface area (Å²) in [5.41, 5.74) is 1.08. The molecule has 1 aromatic carbocycles. The van der Waals surface area contributed by atoms with Gasteiger partial charge in [0.25, 0.3) is 0 Å². The van der Waals surface area contributed by atoms with Crippen LogP contribution in [0.15, 0.2) is 18.2 Å². The minimum absolute atomic E-state index is 0.559. The van der Waals surface area contributed by atoms with Crippen molar-refractivity contribution in [1.29, 1.82) is 0 Å². The van der Waals surface area contributed by atoms with Crippen molar-refractivity contribution in [3.05, 3.63) is 23.2 Å². The summed E-state index contributed by atoms with van der Waals surface area (Å²) in [6.45, 7) is 8.11. The summed E-state index contributed by atoms with van der Waals surface area (Å²) in [5, 5.41) is 4.65. The molecule has 0 saturated carbocycles. The summed E-state index contributed by atoms with van der Waals surface area (Å²) in [4.78, 5) is 4.67. The third kappa shape index (κ3) is 4.18. The Morgan fingerprint density at radius 3 is 2.95 bits per heavy atom. The number of hydrogen-bond donors (Lipinski definition) is 1. The highest BCUT2D eigenvalue weighted by atomic mass is 32.1. The van der Waals surface area contributed by atoms with E-state index in [0.29, 0.717) is 12.6 Å². The summed E-state index contributed by atoms with van der Waals surface area (Å²) in [7, 11) is 0. The van der Waals surface area contributed by atoms with Crippen LogP contribution in [0.1, 0.15) is 32.2 Å². The van der Waals surface area contributed by atoms with E-state index in [-0.39, 0.29) is 0 Å². The number of fused-ring (bicyclic) bond motifs is 1. The van der Waals surface area contributed by atoms with Gasteiger partial charge in [-0.15, -0.1) is 11.3 Å². The number of ether oxygens (including phenoxy) is 1. The normalized spacial score (nSPS) is 11.4. The van der Waals surface area contributed by atoms with Gasteiger partial charge in [0, 0.05) is 12.5 Å². The smallest absolute Gasteiger partial charge is 0.120 e. The summed E-state index contributed by atoms with van der Waals surface area (Å²) in [6.07, 6.45) is 2.18.